The van der Waals surface area contributed by atoms with E-state index in [0.717, 1.165) is 22.8 Å². The molecule has 0 aliphatic carbocycles. The van der Waals surface area contributed by atoms with Gasteiger partial charge in [-0.15, -0.1) is 0 Å². The van der Waals surface area contributed by atoms with Crippen LogP contribution in [0.15, 0.2) is 0 Å². The van der Waals surface area contributed by atoms with Crippen molar-refractivity contribution in [2.24, 2.45) is 0 Å². The van der Waals surface area contributed by atoms with Crippen LogP contribution in [0.25, 0.3) is 0 Å². The topological polar surface area (TPSA) is 100 Å². The molecule has 0 amide bonds. The van der Waals surface area contributed by atoms with E-state index in [-0.39, 0.29) is 12.8 Å². The molecule has 0 aromatic carbocycles. The lowest BCUT2D eigenvalue weighted by molar-refractivity contribution is -0.139. The fraction of sp³-hybridized carbons (Fsp3) is 0.571. The lowest BCUT2D eigenvalue weighted by Gasteiger charge is -2.01. The van der Waals surface area contributed by atoms with Gasteiger partial charge in [0.15, 0.2) is 0 Å². The summed E-state index contributed by atoms with van der Waals surface area (Å²) in [7, 11) is 0. The summed E-state index contributed by atoms with van der Waals surface area (Å²) in [6.07, 6.45) is 1.02. The third-order valence-electron chi connectivity index (χ3n) is 2.75. The number of carboxylic acids is 2. The van der Waals surface area contributed by atoms with Crippen molar-refractivity contribution in [3.8, 4) is 0 Å². The van der Waals surface area contributed by atoms with E-state index >= 15 is 0 Å². The van der Waals surface area contributed by atoms with E-state index in [1.54, 1.807) is 0 Å². The normalized spacial score (nSPS) is 9.60. The van der Waals surface area contributed by atoms with Crippen molar-refractivity contribution in [2.45, 2.75) is 53.4 Å². The predicted octanol–water partition coefficient (Wildman–Crippen LogP) is 2.43. The van der Waals surface area contributed by atoms with E-state index in [4.69, 9.17) is 10.2 Å². The summed E-state index contributed by atoms with van der Waals surface area (Å²) >= 11 is 0. The summed E-state index contributed by atoms with van der Waals surface area (Å²) in [5.74, 6) is -1.74. The Balaban J connectivity index is 0.000000361. The van der Waals surface area contributed by atoms with E-state index < -0.39 is 11.9 Å². The van der Waals surface area contributed by atoms with Crippen LogP contribution in [0.3, 0.4) is 0 Å². The van der Waals surface area contributed by atoms with Gasteiger partial charge in [-0.3, -0.25) is 19.6 Å². The molecule has 0 saturated carbocycles. The standard InChI is InChI=1S/C8H12N2.C6H10O4/c1-5-6(2)10-8(4)7(3)9-5;7-5(8)3-1-2-4-6(9)10/h1-4H3;1-4H2,(H,7,8)(H,9,10). The van der Waals surface area contributed by atoms with Crippen LogP contribution in [-0.4, -0.2) is 32.1 Å². The number of aromatic nitrogens is 2. The average molecular weight is 282 g/mol. The van der Waals surface area contributed by atoms with Crippen LogP contribution in [0.1, 0.15) is 48.5 Å². The molecule has 0 radical (unpaired) electrons. The number of aliphatic carboxylic acids is 2. The minimum Gasteiger partial charge on any atom is -0.481 e. The van der Waals surface area contributed by atoms with Crippen molar-refractivity contribution in [1.82, 2.24) is 9.97 Å². The van der Waals surface area contributed by atoms with Gasteiger partial charge in [-0.1, -0.05) is 0 Å². The largest absolute Gasteiger partial charge is 0.481 e. The van der Waals surface area contributed by atoms with Gasteiger partial charge in [-0.2, -0.15) is 0 Å². The molecular weight excluding hydrogens is 260 g/mol. The molecule has 1 aromatic heterocycles. The number of hydrogen-bond donors (Lipinski definition) is 2. The van der Waals surface area contributed by atoms with Crippen LogP contribution >= 0.6 is 0 Å². The zero-order chi connectivity index (χ0) is 15.7. The van der Waals surface area contributed by atoms with Crippen molar-refractivity contribution in [3.63, 3.8) is 0 Å². The molecule has 0 saturated heterocycles. The maximum absolute atomic E-state index is 9.90. The third kappa shape index (κ3) is 8.18. The molecule has 0 atom stereocenters. The molecule has 20 heavy (non-hydrogen) atoms. The first kappa shape index (κ1) is 18.0. The van der Waals surface area contributed by atoms with Gasteiger partial charge < -0.3 is 10.2 Å². The van der Waals surface area contributed by atoms with Gasteiger partial charge in [0.05, 0.1) is 22.8 Å². The number of unbranched alkanes of at least 4 members (excludes halogenated alkanes) is 1. The first-order chi connectivity index (χ1) is 9.23. The molecule has 1 heterocycles. The second kappa shape index (κ2) is 9.01. The summed E-state index contributed by atoms with van der Waals surface area (Å²) in [5, 5.41) is 16.3. The Morgan fingerprint density at radius 2 is 1.00 bits per heavy atom. The highest BCUT2D eigenvalue weighted by atomic mass is 16.4. The van der Waals surface area contributed by atoms with Gasteiger partial charge in [0.2, 0.25) is 0 Å². The number of nitrogens with zero attached hydrogens (tertiary/aromatic N) is 2. The van der Waals surface area contributed by atoms with Crippen molar-refractivity contribution in [3.05, 3.63) is 22.8 Å². The molecular formula is C14H22N2O4. The van der Waals surface area contributed by atoms with Crippen LogP contribution in [0.4, 0.5) is 0 Å². The van der Waals surface area contributed by atoms with Crippen LogP contribution in [0.5, 0.6) is 0 Å². The van der Waals surface area contributed by atoms with Crippen molar-refractivity contribution in [1.29, 1.82) is 0 Å². The SMILES string of the molecule is Cc1nc(C)c(C)nc1C.O=C(O)CCCCC(=O)O. The Bertz CT molecular complexity index is 406. The Kier molecular flexibility index (Phi) is 8.12. The Labute approximate surface area is 118 Å². The first-order valence-electron chi connectivity index (χ1n) is 6.46. The van der Waals surface area contributed by atoms with E-state index in [1.165, 1.54) is 0 Å². The zero-order valence-electron chi connectivity index (χ0n) is 12.4. The molecule has 0 spiro atoms. The molecule has 0 bridgehead atoms. The van der Waals surface area contributed by atoms with Crippen LogP contribution in [-0.2, 0) is 9.59 Å². The molecule has 6 heteroatoms. The molecule has 1 rings (SSSR count). The molecule has 0 aliphatic rings. The fourth-order valence-corrected chi connectivity index (χ4v) is 1.38. The maximum Gasteiger partial charge on any atom is 0.303 e. The number of aryl methyl sites for hydroxylation is 4. The molecule has 2 N–H and O–H groups in total. The van der Waals surface area contributed by atoms with Crippen molar-refractivity contribution in [2.75, 3.05) is 0 Å². The van der Waals surface area contributed by atoms with Gasteiger partial charge in [-0.25, -0.2) is 0 Å². The van der Waals surface area contributed by atoms with Gasteiger partial charge in [0, 0.05) is 12.8 Å². The molecule has 0 aliphatic heterocycles. The average Bonchev–Trinajstić information content (AvgIpc) is 2.33. The third-order valence-corrected chi connectivity index (χ3v) is 2.75. The molecule has 0 unspecified atom stereocenters. The molecule has 6 nitrogen and oxygen atoms in total. The van der Waals surface area contributed by atoms with Crippen LogP contribution in [0, 0.1) is 27.7 Å². The number of rotatable bonds is 5. The second-order valence-electron chi connectivity index (χ2n) is 4.56. The summed E-state index contributed by atoms with van der Waals surface area (Å²) in [4.78, 5) is 28.4. The summed E-state index contributed by atoms with van der Waals surface area (Å²) in [5.41, 5.74) is 4.12. The highest BCUT2D eigenvalue weighted by Crippen LogP contribution is 2.04. The predicted molar refractivity (Wildman–Crippen MR) is 74.7 cm³/mol. The lowest BCUT2D eigenvalue weighted by Crippen LogP contribution is -1.97. The number of carbonyl (C=O) groups is 2. The second-order valence-corrected chi connectivity index (χ2v) is 4.56. The Morgan fingerprint density at radius 1 is 0.750 bits per heavy atom. The Morgan fingerprint density at radius 3 is 1.20 bits per heavy atom. The molecule has 1 aromatic rings. The smallest absolute Gasteiger partial charge is 0.303 e. The quantitative estimate of drug-likeness (QED) is 0.804. The van der Waals surface area contributed by atoms with Crippen molar-refractivity contribution >= 4 is 11.9 Å². The van der Waals surface area contributed by atoms with E-state index in [9.17, 15) is 9.59 Å². The summed E-state index contributed by atoms with van der Waals surface area (Å²) in [6.45, 7) is 7.92. The van der Waals surface area contributed by atoms with Gasteiger partial charge in [-0.05, 0) is 40.5 Å². The van der Waals surface area contributed by atoms with E-state index in [1.807, 2.05) is 27.7 Å². The van der Waals surface area contributed by atoms with E-state index in [0.29, 0.717) is 12.8 Å². The van der Waals surface area contributed by atoms with Gasteiger partial charge >= 0.3 is 11.9 Å². The van der Waals surface area contributed by atoms with Gasteiger partial charge in [0.25, 0.3) is 0 Å². The van der Waals surface area contributed by atoms with Gasteiger partial charge in [0.1, 0.15) is 0 Å². The fourth-order valence-electron chi connectivity index (χ4n) is 1.38. The van der Waals surface area contributed by atoms with Crippen molar-refractivity contribution < 1.29 is 19.8 Å². The molecule has 0 fully saturated rings. The summed E-state index contributed by atoms with van der Waals surface area (Å²) < 4.78 is 0. The number of carboxylic acid groups (broad SMARTS) is 2. The molecule has 112 valence electrons. The minimum absolute atomic E-state index is 0.0628. The lowest BCUT2D eigenvalue weighted by atomic mass is 10.2. The van der Waals surface area contributed by atoms with Crippen LogP contribution in [0.2, 0.25) is 0 Å². The maximum atomic E-state index is 9.90. The highest BCUT2D eigenvalue weighted by molar-refractivity contribution is 5.67. The summed E-state index contributed by atoms with van der Waals surface area (Å²) in [6, 6.07) is 0. The first-order valence-corrected chi connectivity index (χ1v) is 6.46. The minimum atomic E-state index is -0.870. The highest BCUT2D eigenvalue weighted by Gasteiger charge is 1.99. The Hall–Kier alpha value is -1.98. The monoisotopic (exact) mass is 282 g/mol. The van der Waals surface area contributed by atoms with E-state index in [2.05, 4.69) is 9.97 Å². The number of hydrogen-bond acceptors (Lipinski definition) is 4. The zero-order valence-corrected chi connectivity index (χ0v) is 12.4. The van der Waals surface area contributed by atoms with Crippen LogP contribution < -0.4 is 0 Å².